The van der Waals surface area contributed by atoms with Crippen LogP contribution in [0.4, 0.5) is 23.0 Å². The van der Waals surface area contributed by atoms with Gasteiger partial charge in [0.15, 0.2) is 0 Å². The van der Waals surface area contributed by atoms with Crippen LogP contribution in [-0.4, -0.2) is 62.3 Å². The molecule has 4 aromatic heterocycles. The molecule has 11 nitrogen and oxygen atoms in total. The van der Waals surface area contributed by atoms with Crippen LogP contribution in [0.1, 0.15) is 10.4 Å². The molecule has 0 radical (unpaired) electrons. The van der Waals surface area contributed by atoms with Crippen molar-refractivity contribution in [3.8, 4) is 11.3 Å². The second-order valence-corrected chi connectivity index (χ2v) is 9.17. The smallest absolute Gasteiger partial charge is 0.255 e. The predicted octanol–water partition coefficient (Wildman–Crippen LogP) is 4.47. The van der Waals surface area contributed by atoms with Gasteiger partial charge in [0.1, 0.15) is 23.6 Å². The summed E-state index contributed by atoms with van der Waals surface area (Å²) in [6, 6.07) is 15.8. The number of nitrogens with zero attached hydrogens (tertiary/aromatic N) is 5. The van der Waals surface area contributed by atoms with Crippen molar-refractivity contribution >= 4 is 45.9 Å². The van der Waals surface area contributed by atoms with E-state index in [1.54, 1.807) is 60.9 Å². The van der Waals surface area contributed by atoms with Crippen molar-refractivity contribution < 1.29 is 9.59 Å². The molecule has 5 aromatic rings. The van der Waals surface area contributed by atoms with E-state index in [9.17, 15) is 9.59 Å². The first kappa shape index (κ1) is 26.2. The summed E-state index contributed by atoms with van der Waals surface area (Å²) in [6.45, 7) is 0.668. The number of anilines is 4. The van der Waals surface area contributed by atoms with Gasteiger partial charge in [0.2, 0.25) is 5.91 Å². The van der Waals surface area contributed by atoms with Gasteiger partial charge in [-0.2, -0.15) is 0 Å². The van der Waals surface area contributed by atoms with E-state index >= 15 is 0 Å². The van der Waals surface area contributed by atoms with Crippen LogP contribution >= 0.6 is 0 Å². The summed E-state index contributed by atoms with van der Waals surface area (Å²) < 4.78 is 0. The summed E-state index contributed by atoms with van der Waals surface area (Å²) in [4.78, 5) is 47.3. The van der Waals surface area contributed by atoms with Crippen molar-refractivity contribution in [1.29, 1.82) is 0 Å². The Kier molecular flexibility index (Phi) is 7.84. The standard InChI is InChI=1S/C29H27N9O2/c1-38(2)13-3-4-27(39)35-22-7-5-19(6-8-22)29(40)36-23-10-12-30-25(15-23)37-26-16-24(33-18-34-26)21-14-20-9-11-31-28(20)32-17-21/h3-12,14-18H,13H2,1-2H3,(H,31,32)(H,35,39)(H2,30,33,34,36,37,40)/b4-3+. The molecule has 11 heteroatoms. The molecule has 0 atom stereocenters. The monoisotopic (exact) mass is 533 g/mol. The summed E-state index contributed by atoms with van der Waals surface area (Å²) in [7, 11) is 3.85. The molecule has 2 amide bonds. The van der Waals surface area contributed by atoms with E-state index in [2.05, 4.69) is 40.9 Å². The van der Waals surface area contributed by atoms with E-state index < -0.39 is 0 Å². The highest BCUT2D eigenvalue weighted by molar-refractivity contribution is 6.05. The van der Waals surface area contributed by atoms with Crippen LogP contribution in [0.15, 0.2) is 91.7 Å². The maximum Gasteiger partial charge on any atom is 0.255 e. The average Bonchev–Trinajstić information content (AvgIpc) is 3.42. The third-order valence-electron chi connectivity index (χ3n) is 5.79. The Balaban J connectivity index is 1.21. The van der Waals surface area contributed by atoms with Gasteiger partial charge in [-0.15, -0.1) is 0 Å². The number of rotatable bonds is 9. The summed E-state index contributed by atoms with van der Waals surface area (Å²) in [5, 5.41) is 9.79. The quantitative estimate of drug-likeness (QED) is 0.204. The van der Waals surface area contributed by atoms with E-state index in [1.165, 1.54) is 12.4 Å². The molecule has 5 rings (SSSR count). The third-order valence-corrected chi connectivity index (χ3v) is 5.79. The lowest BCUT2D eigenvalue weighted by Gasteiger charge is -2.10. The molecule has 0 saturated heterocycles. The second-order valence-electron chi connectivity index (χ2n) is 9.17. The zero-order valence-corrected chi connectivity index (χ0v) is 21.9. The van der Waals surface area contributed by atoms with Gasteiger partial charge >= 0.3 is 0 Å². The van der Waals surface area contributed by atoms with E-state index in [0.29, 0.717) is 40.8 Å². The minimum Gasteiger partial charge on any atom is -0.346 e. The lowest BCUT2D eigenvalue weighted by Crippen LogP contribution is -2.14. The first-order chi connectivity index (χ1) is 19.4. The molecule has 0 aliphatic rings. The highest BCUT2D eigenvalue weighted by Crippen LogP contribution is 2.24. The van der Waals surface area contributed by atoms with Gasteiger partial charge in [-0.05, 0) is 56.6 Å². The Morgan fingerprint density at radius 2 is 1.73 bits per heavy atom. The zero-order chi connectivity index (χ0) is 27.9. The van der Waals surface area contributed by atoms with Gasteiger partial charge in [0, 0.05) is 71.2 Å². The zero-order valence-electron chi connectivity index (χ0n) is 21.9. The second kappa shape index (κ2) is 12.0. The number of fused-ring (bicyclic) bond motifs is 1. The summed E-state index contributed by atoms with van der Waals surface area (Å²) in [5.41, 5.74) is 3.98. The summed E-state index contributed by atoms with van der Waals surface area (Å²) in [5.74, 6) is 0.523. The molecular formula is C29H27N9O2. The number of pyridine rings is 2. The number of aromatic amines is 1. The van der Waals surface area contributed by atoms with Crippen molar-refractivity contribution in [3.63, 3.8) is 0 Å². The number of amides is 2. The molecule has 0 aliphatic carbocycles. The van der Waals surface area contributed by atoms with Gasteiger partial charge < -0.3 is 25.8 Å². The highest BCUT2D eigenvalue weighted by atomic mass is 16.2. The molecule has 0 spiro atoms. The number of benzene rings is 1. The highest BCUT2D eigenvalue weighted by Gasteiger charge is 2.09. The van der Waals surface area contributed by atoms with Gasteiger partial charge in [-0.25, -0.2) is 19.9 Å². The molecule has 0 saturated carbocycles. The number of aromatic nitrogens is 5. The van der Waals surface area contributed by atoms with Crippen molar-refractivity contribution in [2.75, 3.05) is 36.6 Å². The number of carbonyl (C=O) groups is 2. The van der Waals surface area contributed by atoms with E-state index in [-0.39, 0.29) is 11.8 Å². The van der Waals surface area contributed by atoms with E-state index in [0.717, 1.165) is 16.6 Å². The first-order valence-corrected chi connectivity index (χ1v) is 12.5. The van der Waals surface area contributed by atoms with Crippen molar-refractivity contribution in [2.24, 2.45) is 0 Å². The molecule has 4 N–H and O–H groups in total. The van der Waals surface area contributed by atoms with Crippen LogP contribution < -0.4 is 16.0 Å². The molecule has 1 aromatic carbocycles. The van der Waals surface area contributed by atoms with E-state index in [1.807, 2.05) is 37.3 Å². The van der Waals surface area contributed by atoms with E-state index in [4.69, 9.17) is 0 Å². The van der Waals surface area contributed by atoms with Gasteiger partial charge in [-0.3, -0.25) is 9.59 Å². The number of hydrogen-bond acceptors (Lipinski definition) is 8. The van der Waals surface area contributed by atoms with Crippen LogP contribution in [-0.2, 0) is 4.79 Å². The Hall–Kier alpha value is -5.42. The maximum absolute atomic E-state index is 12.8. The lowest BCUT2D eigenvalue weighted by molar-refractivity contribution is -0.111. The Bertz CT molecular complexity index is 1680. The fraction of sp³-hybridized carbons (Fsp3) is 0.103. The minimum absolute atomic E-state index is 0.231. The van der Waals surface area contributed by atoms with Crippen LogP contribution in [0, 0.1) is 0 Å². The van der Waals surface area contributed by atoms with Crippen molar-refractivity contribution in [3.05, 3.63) is 97.2 Å². The maximum atomic E-state index is 12.8. The predicted molar refractivity (Wildman–Crippen MR) is 155 cm³/mol. The molecule has 0 fully saturated rings. The van der Waals surface area contributed by atoms with Crippen LogP contribution in [0.25, 0.3) is 22.3 Å². The van der Waals surface area contributed by atoms with Gasteiger partial charge in [-0.1, -0.05) is 6.08 Å². The number of nitrogens with one attached hydrogen (secondary N) is 4. The van der Waals surface area contributed by atoms with Gasteiger partial charge in [0.25, 0.3) is 5.91 Å². The molecular weight excluding hydrogens is 506 g/mol. The molecule has 0 unspecified atom stereocenters. The SMILES string of the molecule is CN(C)C/C=C/C(=O)Nc1ccc(C(=O)Nc2ccnc(Nc3cc(-c4cnc5[nH]ccc5c4)ncn3)c2)cc1. The summed E-state index contributed by atoms with van der Waals surface area (Å²) in [6.07, 6.45) is 9.91. The number of H-pyrrole nitrogens is 1. The fourth-order valence-electron chi connectivity index (χ4n) is 3.83. The van der Waals surface area contributed by atoms with Crippen LogP contribution in [0.3, 0.4) is 0 Å². The number of carbonyl (C=O) groups excluding carboxylic acids is 2. The number of hydrogen-bond donors (Lipinski definition) is 4. The normalized spacial score (nSPS) is 11.2. The van der Waals surface area contributed by atoms with Gasteiger partial charge in [0.05, 0.1) is 5.69 Å². The Morgan fingerprint density at radius 3 is 2.55 bits per heavy atom. The molecule has 200 valence electrons. The Morgan fingerprint density at radius 1 is 0.900 bits per heavy atom. The molecule has 0 aliphatic heterocycles. The van der Waals surface area contributed by atoms with Crippen molar-refractivity contribution in [2.45, 2.75) is 0 Å². The molecule has 4 heterocycles. The van der Waals surface area contributed by atoms with Crippen molar-refractivity contribution in [1.82, 2.24) is 29.8 Å². The molecule has 0 bridgehead atoms. The van der Waals surface area contributed by atoms with Crippen LogP contribution in [0.5, 0.6) is 0 Å². The number of likely N-dealkylation sites (N-methyl/N-ethyl adjacent to an activating group) is 1. The largest absolute Gasteiger partial charge is 0.346 e. The topological polar surface area (TPSA) is 141 Å². The summed E-state index contributed by atoms with van der Waals surface area (Å²) >= 11 is 0. The van der Waals surface area contributed by atoms with Crippen LogP contribution in [0.2, 0.25) is 0 Å². The fourth-order valence-corrected chi connectivity index (χ4v) is 3.83. The Labute approximate surface area is 230 Å². The average molecular weight is 534 g/mol. The lowest BCUT2D eigenvalue weighted by atomic mass is 10.1. The molecule has 40 heavy (non-hydrogen) atoms. The minimum atomic E-state index is -0.294. The first-order valence-electron chi connectivity index (χ1n) is 12.5. The third kappa shape index (κ3) is 6.71.